The second-order valence-corrected chi connectivity index (χ2v) is 8.65. The molecule has 0 bridgehead atoms. The number of piperidine rings is 1. The standard InChI is InChI=1S/C26H28N4O2/c31-25(29-16-17-10-13-27-14-11-17)19-8-9-22-21(15-19)23(18-5-2-1-3-6-18)24(30-22)20-7-4-12-28-26(20)32/h1-5,7-9,12,15,17-18,27,30H,6,10-11,13-14,16H2,(H,28,32)(H,29,31). The van der Waals surface area contributed by atoms with Crippen LogP contribution >= 0.6 is 0 Å². The highest BCUT2D eigenvalue weighted by Crippen LogP contribution is 2.38. The lowest BCUT2D eigenvalue weighted by atomic mass is 9.88. The van der Waals surface area contributed by atoms with E-state index in [1.165, 1.54) is 0 Å². The van der Waals surface area contributed by atoms with E-state index in [1.54, 1.807) is 6.20 Å². The fourth-order valence-corrected chi connectivity index (χ4v) is 4.79. The molecule has 2 aliphatic rings. The number of aromatic nitrogens is 2. The third kappa shape index (κ3) is 4.06. The van der Waals surface area contributed by atoms with Crippen LogP contribution < -0.4 is 16.2 Å². The molecule has 3 heterocycles. The van der Waals surface area contributed by atoms with Crippen LogP contribution in [0.1, 0.15) is 41.1 Å². The van der Waals surface area contributed by atoms with Gasteiger partial charge in [-0.2, -0.15) is 0 Å². The lowest BCUT2D eigenvalue weighted by molar-refractivity contribution is 0.0944. The van der Waals surface area contributed by atoms with E-state index in [0.717, 1.165) is 54.5 Å². The predicted octanol–water partition coefficient (Wildman–Crippen LogP) is 3.85. The molecule has 6 nitrogen and oxygen atoms in total. The quantitative estimate of drug-likeness (QED) is 0.498. The minimum atomic E-state index is -0.129. The van der Waals surface area contributed by atoms with Gasteiger partial charge in [-0.3, -0.25) is 9.59 Å². The molecule has 1 aromatic carbocycles. The van der Waals surface area contributed by atoms with Gasteiger partial charge >= 0.3 is 0 Å². The van der Waals surface area contributed by atoms with Crippen molar-refractivity contribution < 1.29 is 4.79 Å². The fraction of sp³-hybridized carbons (Fsp3) is 0.308. The van der Waals surface area contributed by atoms with Crippen molar-refractivity contribution in [3.63, 3.8) is 0 Å². The molecule has 3 aromatic rings. The maximum atomic E-state index is 12.9. The van der Waals surface area contributed by atoms with Crippen LogP contribution in [0.4, 0.5) is 0 Å². The van der Waals surface area contributed by atoms with E-state index in [1.807, 2.05) is 42.5 Å². The van der Waals surface area contributed by atoms with Crippen LogP contribution in [0.15, 0.2) is 65.6 Å². The summed E-state index contributed by atoms with van der Waals surface area (Å²) in [7, 11) is 0. The third-order valence-corrected chi connectivity index (χ3v) is 6.55. The second kappa shape index (κ2) is 9.01. The van der Waals surface area contributed by atoms with Crippen LogP contribution in [0, 0.1) is 5.92 Å². The Bertz CT molecular complexity index is 1240. The van der Waals surface area contributed by atoms with Gasteiger partial charge in [0.2, 0.25) is 0 Å². The molecule has 4 N–H and O–H groups in total. The number of carbonyl (C=O) groups is 1. The number of hydrogen-bond donors (Lipinski definition) is 4. The summed E-state index contributed by atoms with van der Waals surface area (Å²) >= 11 is 0. The van der Waals surface area contributed by atoms with Gasteiger partial charge in [-0.05, 0) is 74.2 Å². The van der Waals surface area contributed by atoms with E-state index < -0.39 is 0 Å². The number of carbonyl (C=O) groups excluding carboxylic acids is 1. The molecule has 1 unspecified atom stereocenters. The first kappa shape index (κ1) is 20.5. The summed E-state index contributed by atoms with van der Waals surface area (Å²) < 4.78 is 0. The monoisotopic (exact) mass is 428 g/mol. The van der Waals surface area contributed by atoms with Crippen LogP contribution in [-0.4, -0.2) is 35.5 Å². The number of hydrogen-bond acceptors (Lipinski definition) is 3. The first-order valence-corrected chi connectivity index (χ1v) is 11.4. The zero-order valence-corrected chi connectivity index (χ0v) is 18.0. The lowest BCUT2D eigenvalue weighted by Gasteiger charge is -2.22. The van der Waals surface area contributed by atoms with Crippen LogP contribution in [0.2, 0.25) is 0 Å². The highest BCUT2D eigenvalue weighted by molar-refractivity contribution is 6.00. The van der Waals surface area contributed by atoms with Crippen LogP contribution in [0.25, 0.3) is 22.2 Å². The molecule has 6 heteroatoms. The molecule has 32 heavy (non-hydrogen) atoms. The van der Waals surface area contributed by atoms with Gasteiger partial charge in [0.05, 0.1) is 11.3 Å². The summed E-state index contributed by atoms with van der Waals surface area (Å²) in [4.78, 5) is 31.7. The third-order valence-electron chi connectivity index (χ3n) is 6.55. The lowest BCUT2D eigenvalue weighted by Crippen LogP contribution is -2.35. The number of aromatic amines is 2. The van der Waals surface area contributed by atoms with E-state index >= 15 is 0 Å². The maximum Gasteiger partial charge on any atom is 0.257 e. The minimum absolute atomic E-state index is 0.0456. The maximum absolute atomic E-state index is 12.9. The molecule has 1 aliphatic carbocycles. The molecular formula is C26H28N4O2. The summed E-state index contributed by atoms with van der Waals surface area (Å²) in [6, 6.07) is 9.44. The SMILES string of the molecule is O=C(NCC1CCNCC1)c1ccc2[nH]c(-c3ccc[nH]c3=O)c(C3C=CC=CC3)c2c1. The topological polar surface area (TPSA) is 89.8 Å². The smallest absolute Gasteiger partial charge is 0.257 e. The van der Waals surface area contributed by atoms with Gasteiger partial charge in [0.15, 0.2) is 0 Å². The Balaban J connectivity index is 1.52. The van der Waals surface area contributed by atoms with Gasteiger partial charge in [0.25, 0.3) is 11.5 Å². The van der Waals surface area contributed by atoms with Gasteiger partial charge < -0.3 is 20.6 Å². The molecule has 1 aliphatic heterocycles. The molecule has 0 spiro atoms. The Morgan fingerprint density at radius 3 is 2.78 bits per heavy atom. The Kier molecular flexibility index (Phi) is 5.77. The summed E-state index contributed by atoms with van der Waals surface area (Å²) in [6.45, 7) is 2.74. The zero-order valence-electron chi connectivity index (χ0n) is 18.0. The van der Waals surface area contributed by atoms with Gasteiger partial charge in [0.1, 0.15) is 0 Å². The summed E-state index contributed by atoms with van der Waals surface area (Å²) in [6.07, 6.45) is 13.1. The summed E-state index contributed by atoms with van der Waals surface area (Å²) in [5.74, 6) is 0.620. The normalized spacial score (nSPS) is 18.8. The van der Waals surface area contributed by atoms with Gasteiger partial charge in [-0.15, -0.1) is 0 Å². The second-order valence-electron chi connectivity index (χ2n) is 8.65. The van der Waals surface area contributed by atoms with Crippen molar-refractivity contribution in [3.8, 4) is 11.3 Å². The highest BCUT2D eigenvalue weighted by atomic mass is 16.1. The molecule has 1 saturated heterocycles. The van der Waals surface area contributed by atoms with Gasteiger partial charge in [0, 0.05) is 35.1 Å². The van der Waals surface area contributed by atoms with Crippen LogP contribution in [-0.2, 0) is 0 Å². The van der Waals surface area contributed by atoms with Crippen molar-refractivity contribution in [2.45, 2.75) is 25.2 Å². The van der Waals surface area contributed by atoms with E-state index in [-0.39, 0.29) is 17.4 Å². The van der Waals surface area contributed by atoms with Crippen LogP contribution in [0.3, 0.4) is 0 Å². The number of benzene rings is 1. The molecule has 1 fully saturated rings. The van der Waals surface area contributed by atoms with E-state index in [0.29, 0.717) is 23.6 Å². The Morgan fingerprint density at radius 1 is 1.12 bits per heavy atom. The molecule has 164 valence electrons. The highest BCUT2D eigenvalue weighted by Gasteiger charge is 2.23. The van der Waals surface area contributed by atoms with Gasteiger partial charge in [-0.25, -0.2) is 0 Å². The fourth-order valence-electron chi connectivity index (χ4n) is 4.79. The van der Waals surface area contributed by atoms with Crippen molar-refractivity contribution >= 4 is 16.8 Å². The van der Waals surface area contributed by atoms with Crippen molar-refractivity contribution in [1.82, 2.24) is 20.6 Å². The Hall–Kier alpha value is -3.38. The number of H-pyrrole nitrogens is 2. The average molecular weight is 429 g/mol. The molecule has 2 aromatic heterocycles. The van der Waals surface area contributed by atoms with Crippen molar-refractivity contribution in [1.29, 1.82) is 0 Å². The zero-order chi connectivity index (χ0) is 21.9. The molecule has 5 rings (SSSR count). The van der Waals surface area contributed by atoms with E-state index in [9.17, 15) is 9.59 Å². The van der Waals surface area contributed by atoms with Crippen molar-refractivity contribution in [2.75, 3.05) is 19.6 Å². The number of pyridine rings is 1. The molecular weight excluding hydrogens is 400 g/mol. The van der Waals surface area contributed by atoms with Gasteiger partial charge in [-0.1, -0.05) is 24.3 Å². The largest absolute Gasteiger partial charge is 0.354 e. The van der Waals surface area contributed by atoms with E-state index in [4.69, 9.17) is 0 Å². The number of fused-ring (bicyclic) bond motifs is 1. The predicted molar refractivity (Wildman–Crippen MR) is 128 cm³/mol. The summed E-state index contributed by atoms with van der Waals surface area (Å²) in [5, 5.41) is 7.47. The number of nitrogens with one attached hydrogen (secondary N) is 4. The summed E-state index contributed by atoms with van der Waals surface area (Å²) in [5.41, 5.74) is 3.94. The van der Waals surface area contributed by atoms with Crippen molar-refractivity contribution in [3.05, 3.63) is 82.3 Å². The molecule has 1 atom stereocenters. The number of allylic oxidation sites excluding steroid dienone is 4. The number of amides is 1. The van der Waals surface area contributed by atoms with Crippen molar-refractivity contribution in [2.24, 2.45) is 5.92 Å². The first-order chi connectivity index (χ1) is 15.7. The molecule has 1 amide bonds. The minimum Gasteiger partial charge on any atom is -0.354 e. The van der Waals surface area contributed by atoms with E-state index in [2.05, 4.69) is 32.8 Å². The first-order valence-electron chi connectivity index (χ1n) is 11.4. The van der Waals surface area contributed by atoms with Crippen LogP contribution in [0.5, 0.6) is 0 Å². The molecule has 0 saturated carbocycles. The molecule has 0 radical (unpaired) electrons. The Morgan fingerprint density at radius 2 is 2.00 bits per heavy atom. The average Bonchev–Trinajstić information content (AvgIpc) is 3.22. The number of rotatable bonds is 5. The Labute approximate surface area is 186 Å².